The van der Waals surface area contributed by atoms with E-state index in [1.165, 1.54) is 36.6 Å². The molecule has 13 heterocycles. The van der Waals surface area contributed by atoms with Crippen LogP contribution in [0.3, 0.4) is 0 Å². The van der Waals surface area contributed by atoms with Gasteiger partial charge >= 0.3 is 0 Å². The molecule has 2 atom stereocenters. The zero-order chi connectivity index (χ0) is 83.6. The number of anilines is 10. The average Bonchev–Trinajstić information content (AvgIpc) is 1.59. The summed E-state index contributed by atoms with van der Waals surface area (Å²) in [7, 11) is 1.65. The van der Waals surface area contributed by atoms with Crippen LogP contribution in [-0.4, -0.2) is 155 Å². The molecule has 6 aromatic carbocycles. The molecule has 2 aliphatic rings. The number of para-hydroxylation sites is 1. The lowest BCUT2D eigenvalue weighted by Gasteiger charge is -2.28. The minimum Gasteiger partial charge on any atom is -0.486 e. The Morgan fingerprint density at radius 3 is 1.64 bits per heavy atom. The maximum Gasteiger partial charge on any atom is 0.271 e. The van der Waals surface area contributed by atoms with Gasteiger partial charge in [-0.1, -0.05) is 84.2 Å². The quantitative estimate of drug-likeness (QED) is 0.0144. The Balaban J connectivity index is 0.000000116. The van der Waals surface area contributed by atoms with Crippen molar-refractivity contribution in [2.75, 3.05) is 64.8 Å². The van der Waals surface area contributed by atoms with Gasteiger partial charge in [-0.05, 0) is 142 Å². The topological polar surface area (TPSA) is 494 Å². The Morgan fingerprint density at radius 1 is 0.443 bits per heavy atom. The van der Waals surface area contributed by atoms with Crippen molar-refractivity contribution in [1.82, 2.24) is 121 Å². The van der Waals surface area contributed by atoms with Crippen LogP contribution in [0.2, 0.25) is 0 Å². The van der Waals surface area contributed by atoms with Crippen LogP contribution in [0.4, 0.5) is 58.2 Å². The van der Waals surface area contributed by atoms with Gasteiger partial charge in [-0.2, -0.15) is 20.4 Å². The maximum atomic E-state index is 11.9. The maximum absolute atomic E-state index is 11.9. The van der Waals surface area contributed by atoms with Crippen molar-refractivity contribution in [2.24, 2.45) is 0 Å². The number of hydrogen-bond donors (Lipinski definition) is 17. The number of hydrogen-bond acceptors (Lipinski definition) is 26. The number of thioether (sulfide) groups is 2. The van der Waals surface area contributed by atoms with E-state index in [4.69, 9.17) is 29.4 Å². The van der Waals surface area contributed by atoms with Gasteiger partial charge in [0.05, 0.1) is 61.4 Å². The third-order valence-corrected chi connectivity index (χ3v) is 21.9. The van der Waals surface area contributed by atoms with E-state index in [1.54, 1.807) is 37.1 Å². The van der Waals surface area contributed by atoms with Crippen molar-refractivity contribution in [1.29, 1.82) is 0 Å². The van der Waals surface area contributed by atoms with Gasteiger partial charge in [-0.3, -0.25) is 80.4 Å². The van der Waals surface area contributed by atoms with Crippen LogP contribution >= 0.6 is 23.5 Å². The van der Waals surface area contributed by atoms with Crippen LogP contribution in [0.15, 0.2) is 199 Å². The third kappa shape index (κ3) is 19.4. The number of aryl methyl sites for hydroxylation is 4. The van der Waals surface area contributed by atoms with Gasteiger partial charge < -0.3 is 41.0 Å². The predicted molar refractivity (Wildman–Crippen MR) is 473 cm³/mol. The van der Waals surface area contributed by atoms with E-state index in [9.17, 15) is 19.2 Å². The van der Waals surface area contributed by atoms with E-state index >= 15 is 0 Å². The predicted octanol–water partition coefficient (Wildman–Crippen LogP) is 14.0. The molecule has 2 fully saturated rings. The molecule has 122 heavy (non-hydrogen) atoms. The lowest BCUT2D eigenvalue weighted by Crippen LogP contribution is -2.30. The molecule has 0 bridgehead atoms. The molecule has 36 nitrogen and oxygen atoms in total. The molecule has 0 amide bonds. The number of nitrogens with zero attached hydrogens (tertiary/aromatic N) is 13. The molecular formula is C84H84N30O6S2. The number of aromatic amines is 12. The highest BCUT2D eigenvalue weighted by atomic mass is 32.2. The normalized spacial score (nSPS) is 13.6. The summed E-state index contributed by atoms with van der Waals surface area (Å²) in [6, 6.07) is 54.1. The van der Waals surface area contributed by atoms with Crippen LogP contribution in [-0.2, 0) is 22.8 Å². The van der Waals surface area contributed by atoms with E-state index in [1.807, 2.05) is 179 Å². The van der Waals surface area contributed by atoms with Crippen molar-refractivity contribution in [2.45, 2.75) is 93.6 Å². The first kappa shape index (κ1) is 79.5. The molecule has 1 saturated carbocycles. The molecule has 2 unspecified atom stereocenters. The molecule has 1 saturated heterocycles. The highest BCUT2D eigenvalue weighted by Crippen LogP contribution is 2.54. The van der Waals surface area contributed by atoms with Crippen LogP contribution in [0.5, 0.6) is 5.75 Å². The fourth-order valence-electron chi connectivity index (χ4n) is 14.0. The van der Waals surface area contributed by atoms with Crippen molar-refractivity contribution in [3.05, 3.63) is 262 Å². The second-order valence-corrected chi connectivity index (χ2v) is 31.2. The molecule has 618 valence electrons. The van der Waals surface area contributed by atoms with E-state index in [-0.39, 0.29) is 34.8 Å². The summed E-state index contributed by atoms with van der Waals surface area (Å²) in [4.78, 5) is 86.8. The summed E-state index contributed by atoms with van der Waals surface area (Å²) in [5.41, 5.74) is 12.5. The zero-order valence-corrected chi connectivity index (χ0v) is 68.3. The van der Waals surface area contributed by atoms with E-state index in [0.717, 1.165) is 127 Å². The SMILES string of the molecule is COCCNc1cc(Nc2cc(C)[nH]n2)nc(SCc2ccc3[nH][nH]c(=O)c3c2)n1.Cc1cc(Nc2cc(-c3ccccc3)[nH]n2)nc(COc2ccc3c(=O)[nH][nH]c3c2)n1.Cc1cc(Nc2cc(N3CCCCC3)nc(SCc3ccc4[nH][nH]c(=O)c4c3)n2)n[nH]1.Cc1cc(Nc2nc(C3CC3c3ccc4c(=O)[nH][nH]c4c3)nc3ccccc23)n[nH]1. The minimum absolute atomic E-state index is 0.0916. The molecule has 18 aromatic rings. The molecular weight excluding hydrogens is 1590 g/mol. The van der Waals surface area contributed by atoms with Crippen molar-refractivity contribution in [3.8, 4) is 17.0 Å². The molecule has 12 aromatic heterocycles. The number of fused-ring (bicyclic) bond motifs is 5. The second-order valence-electron chi connectivity index (χ2n) is 29.3. The van der Waals surface area contributed by atoms with Gasteiger partial charge in [0.1, 0.15) is 53.1 Å². The summed E-state index contributed by atoms with van der Waals surface area (Å²) in [5, 5.41) is 71.8. The number of piperidine rings is 1. The number of benzene rings is 6. The summed E-state index contributed by atoms with van der Waals surface area (Å²) in [6.07, 6.45) is 4.61. The Hall–Kier alpha value is -14.9. The largest absolute Gasteiger partial charge is 0.486 e. The van der Waals surface area contributed by atoms with Crippen LogP contribution < -0.4 is 58.5 Å². The molecule has 1 aliphatic heterocycles. The molecule has 1 aliphatic carbocycles. The Kier molecular flexibility index (Phi) is 23.5. The van der Waals surface area contributed by atoms with Crippen molar-refractivity contribution < 1.29 is 9.47 Å². The number of nitrogens with one attached hydrogen (secondary N) is 17. The molecule has 20 rings (SSSR count). The first-order valence-corrected chi connectivity index (χ1v) is 41.3. The van der Waals surface area contributed by atoms with E-state index in [0.29, 0.717) is 109 Å². The van der Waals surface area contributed by atoms with E-state index < -0.39 is 0 Å². The Morgan fingerprint density at radius 2 is 1.00 bits per heavy atom. The van der Waals surface area contributed by atoms with Gasteiger partial charge in [-0.15, -0.1) is 0 Å². The Labute approximate surface area is 701 Å². The highest BCUT2D eigenvalue weighted by Gasteiger charge is 2.42. The highest BCUT2D eigenvalue weighted by molar-refractivity contribution is 7.98. The summed E-state index contributed by atoms with van der Waals surface area (Å²) in [5.74, 6) is 11.0. The van der Waals surface area contributed by atoms with E-state index in [2.05, 4.69) is 133 Å². The average molecular weight is 1670 g/mol. The second kappa shape index (κ2) is 36.1. The number of ether oxygens (including phenoxy) is 2. The fourth-order valence-corrected chi connectivity index (χ4v) is 15.6. The molecule has 0 spiro atoms. The summed E-state index contributed by atoms with van der Waals surface area (Å²) < 4.78 is 10.9. The van der Waals surface area contributed by atoms with Crippen LogP contribution in [0.25, 0.3) is 65.8 Å². The van der Waals surface area contributed by atoms with Crippen LogP contribution in [0.1, 0.15) is 88.6 Å². The lowest BCUT2D eigenvalue weighted by atomic mass is 10.1. The molecule has 0 radical (unpaired) electrons. The van der Waals surface area contributed by atoms with Crippen molar-refractivity contribution in [3.63, 3.8) is 0 Å². The van der Waals surface area contributed by atoms with Gasteiger partial charge in [0.2, 0.25) is 0 Å². The number of H-pyrrole nitrogens is 12. The lowest BCUT2D eigenvalue weighted by molar-refractivity contribution is 0.210. The first-order valence-electron chi connectivity index (χ1n) is 39.3. The van der Waals surface area contributed by atoms with Crippen LogP contribution in [0, 0.1) is 27.7 Å². The Bertz CT molecular complexity index is 6960. The standard InChI is InChI=1S/C22H19N7O2.C22H19N7O.C21H24N8OS.C19H22N8O2S/c1-13-9-19(24-20-11-17(26-28-20)14-5-3-2-4-6-14)25-21(23-13)12-31-15-7-8-16-18(10-15)27-29-22(16)30;1-11-8-19(28-26-11)24-20-13-4-2-3-5-17(13)23-21(25-20)16-10-15(16)12-6-7-14-18(9-12)27-29-22(14)30;1-13-9-18(27-25-13)22-17-11-19(29-7-3-2-4-8-29)24-21(23-17)31-12-14-5-6-16-15(10-14)20(30)28-26-16;1-11-7-17(26-24-11)21-16-9-15(20-5-6-29-2)22-19(23-16)30-10-12-3-4-14-13(8-12)18(28)27-25-14/h2-11H,12H2,1H3,(H2,27,29,30)(H2,23,24,25,26,28);2-9,15-16H,10H2,1H3,(H2,27,29,30)(H2,23,24,25,26,28);5-6,9-11H,2-4,7-8,12H2,1H3,(H2,26,28,30)(H2,22,23,24,25,27);3-4,7-9H,5-6,10H2,1-2H3,(H2,25,27,28)(H3,20,21,22,23,24,26). The minimum atomic E-state index is -0.159. The monoisotopic (exact) mass is 1670 g/mol. The summed E-state index contributed by atoms with van der Waals surface area (Å²) >= 11 is 3.05. The first-order chi connectivity index (χ1) is 59.5. The van der Waals surface area contributed by atoms with Crippen molar-refractivity contribution >= 4 is 136 Å². The zero-order valence-electron chi connectivity index (χ0n) is 66.7. The number of rotatable bonds is 25. The van der Waals surface area contributed by atoms with Gasteiger partial charge in [0.25, 0.3) is 22.2 Å². The smallest absolute Gasteiger partial charge is 0.271 e. The number of methoxy groups -OCH3 is 1. The number of aromatic nitrogens is 24. The van der Waals surface area contributed by atoms with Gasteiger partial charge in [0.15, 0.2) is 39.4 Å². The molecule has 17 N–H and O–H groups in total. The fraction of sp³-hybridized carbons (Fsp3) is 0.214. The summed E-state index contributed by atoms with van der Waals surface area (Å²) in [6.45, 7) is 11.2. The van der Waals surface area contributed by atoms with Gasteiger partial charge in [-0.25, -0.2) is 39.9 Å². The molecule has 38 heteroatoms. The van der Waals surface area contributed by atoms with Gasteiger partial charge in [0, 0.05) is 121 Å². The third-order valence-electron chi connectivity index (χ3n) is 20.1.